The standard InChI is InChI=1S/C26H38O2Si/c1-22(19-20-27)13-12-14-23(2)21-28-29(26(3,4)5,24-15-8-6-9-16-24)25-17-10-7-11-18-25/h6-11,15-18,20,22-23H,12-14,19,21H2,1-5H3/t22-,23+/m0/s1. The summed E-state index contributed by atoms with van der Waals surface area (Å²) < 4.78 is 7.02. The maximum atomic E-state index is 10.7. The Labute approximate surface area is 178 Å². The van der Waals surface area contributed by atoms with Gasteiger partial charge in [0.2, 0.25) is 0 Å². The van der Waals surface area contributed by atoms with Crippen LogP contribution in [0, 0.1) is 11.8 Å². The van der Waals surface area contributed by atoms with Gasteiger partial charge < -0.3 is 9.22 Å². The molecule has 0 N–H and O–H groups in total. The van der Waals surface area contributed by atoms with E-state index in [2.05, 4.69) is 95.3 Å². The van der Waals surface area contributed by atoms with E-state index in [0.717, 1.165) is 32.2 Å². The lowest BCUT2D eigenvalue weighted by atomic mass is 9.97. The van der Waals surface area contributed by atoms with Crippen LogP contribution in [0.2, 0.25) is 5.04 Å². The van der Waals surface area contributed by atoms with E-state index in [0.29, 0.717) is 18.3 Å². The van der Waals surface area contributed by atoms with E-state index in [-0.39, 0.29) is 5.04 Å². The summed E-state index contributed by atoms with van der Waals surface area (Å²) in [4.78, 5) is 10.7. The molecule has 158 valence electrons. The van der Waals surface area contributed by atoms with Gasteiger partial charge in [0.05, 0.1) is 0 Å². The summed E-state index contributed by atoms with van der Waals surface area (Å²) in [6.07, 6.45) is 5.12. The maximum Gasteiger partial charge on any atom is 0.261 e. The van der Waals surface area contributed by atoms with Crippen molar-refractivity contribution in [3.05, 3.63) is 60.7 Å². The molecule has 0 aromatic heterocycles. The molecule has 2 atom stereocenters. The number of aldehydes is 1. The number of carbonyl (C=O) groups excluding carboxylic acids is 1. The van der Waals surface area contributed by atoms with E-state index in [4.69, 9.17) is 4.43 Å². The second kappa shape index (κ2) is 10.9. The Bertz CT molecular complexity index is 682. The molecule has 2 nitrogen and oxygen atoms in total. The van der Waals surface area contributed by atoms with Crippen LogP contribution in [-0.4, -0.2) is 21.2 Å². The Hall–Kier alpha value is -1.71. The molecule has 0 heterocycles. The smallest absolute Gasteiger partial charge is 0.261 e. The van der Waals surface area contributed by atoms with Crippen LogP contribution >= 0.6 is 0 Å². The highest BCUT2D eigenvalue weighted by molar-refractivity contribution is 6.99. The second-order valence-electron chi connectivity index (χ2n) is 9.52. The average molecular weight is 411 g/mol. The lowest BCUT2D eigenvalue weighted by Crippen LogP contribution is -2.66. The highest BCUT2D eigenvalue weighted by Gasteiger charge is 2.50. The van der Waals surface area contributed by atoms with Crippen molar-refractivity contribution in [2.45, 2.75) is 65.3 Å². The lowest BCUT2D eigenvalue weighted by molar-refractivity contribution is -0.108. The van der Waals surface area contributed by atoms with Crippen LogP contribution in [0.25, 0.3) is 0 Å². The van der Waals surface area contributed by atoms with Crippen molar-refractivity contribution >= 4 is 25.0 Å². The van der Waals surface area contributed by atoms with Gasteiger partial charge >= 0.3 is 0 Å². The van der Waals surface area contributed by atoms with Gasteiger partial charge in [-0.3, -0.25) is 0 Å². The molecule has 0 amide bonds. The topological polar surface area (TPSA) is 26.3 Å². The summed E-state index contributed by atoms with van der Waals surface area (Å²) in [5.74, 6) is 0.984. The van der Waals surface area contributed by atoms with Crippen LogP contribution < -0.4 is 10.4 Å². The Morgan fingerprint density at radius 3 is 1.79 bits per heavy atom. The van der Waals surface area contributed by atoms with E-state index < -0.39 is 8.32 Å². The van der Waals surface area contributed by atoms with Crippen LogP contribution in [0.3, 0.4) is 0 Å². The van der Waals surface area contributed by atoms with E-state index in [1.54, 1.807) is 0 Å². The van der Waals surface area contributed by atoms with Crippen molar-refractivity contribution in [1.82, 2.24) is 0 Å². The molecule has 0 spiro atoms. The maximum absolute atomic E-state index is 10.7. The first-order valence-electron chi connectivity index (χ1n) is 11.0. The molecule has 0 unspecified atom stereocenters. The van der Waals surface area contributed by atoms with E-state index in [1.807, 2.05) is 0 Å². The quantitative estimate of drug-likeness (QED) is 0.356. The van der Waals surface area contributed by atoms with Crippen molar-refractivity contribution in [3.8, 4) is 0 Å². The van der Waals surface area contributed by atoms with Gasteiger partial charge in [0.25, 0.3) is 8.32 Å². The lowest BCUT2D eigenvalue weighted by Gasteiger charge is -2.43. The number of hydrogen-bond donors (Lipinski definition) is 0. The van der Waals surface area contributed by atoms with Crippen LogP contribution in [0.5, 0.6) is 0 Å². The third kappa shape index (κ3) is 6.13. The number of hydrogen-bond acceptors (Lipinski definition) is 2. The van der Waals surface area contributed by atoms with Gasteiger partial charge in [0, 0.05) is 13.0 Å². The molecule has 0 saturated carbocycles. The Morgan fingerprint density at radius 2 is 1.34 bits per heavy atom. The first-order chi connectivity index (χ1) is 13.8. The zero-order chi connectivity index (χ0) is 21.3. The molecule has 0 aliphatic heterocycles. The van der Waals surface area contributed by atoms with Crippen LogP contribution in [0.1, 0.15) is 60.3 Å². The van der Waals surface area contributed by atoms with E-state index >= 15 is 0 Å². The molecule has 2 rings (SSSR count). The van der Waals surface area contributed by atoms with Crippen molar-refractivity contribution in [3.63, 3.8) is 0 Å². The van der Waals surface area contributed by atoms with Crippen LogP contribution in [0.15, 0.2) is 60.7 Å². The first kappa shape index (κ1) is 23.6. The molecule has 2 aromatic rings. The van der Waals surface area contributed by atoms with Gasteiger partial charge in [0.15, 0.2) is 0 Å². The Balaban J connectivity index is 2.22. The SMILES string of the molecule is C[C@H](CC=O)CCC[C@@H](C)CO[Si](c1ccccc1)(c1ccccc1)C(C)(C)C. The summed E-state index contributed by atoms with van der Waals surface area (Å²) in [7, 11) is -2.43. The van der Waals surface area contributed by atoms with E-state index in [1.165, 1.54) is 10.4 Å². The minimum Gasteiger partial charge on any atom is -0.407 e. The third-order valence-corrected chi connectivity index (χ3v) is 10.9. The largest absolute Gasteiger partial charge is 0.407 e. The summed E-state index contributed by atoms with van der Waals surface area (Å²) in [6.45, 7) is 12.2. The number of benzene rings is 2. The summed E-state index contributed by atoms with van der Waals surface area (Å²) >= 11 is 0. The zero-order valence-corrected chi connectivity index (χ0v) is 19.9. The van der Waals surface area contributed by atoms with Gasteiger partial charge in [-0.15, -0.1) is 0 Å². The predicted molar refractivity (Wildman–Crippen MR) is 126 cm³/mol. The summed E-state index contributed by atoms with van der Waals surface area (Å²) in [5.41, 5.74) is 0. The normalized spacial score (nSPS) is 14.4. The molecule has 29 heavy (non-hydrogen) atoms. The summed E-state index contributed by atoms with van der Waals surface area (Å²) in [6, 6.07) is 21.7. The molecule has 2 aromatic carbocycles. The first-order valence-corrected chi connectivity index (χ1v) is 12.9. The van der Waals surface area contributed by atoms with Gasteiger partial charge in [-0.1, -0.05) is 108 Å². The molecular weight excluding hydrogens is 372 g/mol. The fraction of sp³-hybridized carbons (Fsp3) is 0.500. The Morgan fingerprint density at radius 1 is 0.862 bits per heavy atom. The fourth-order valence-corrected chi connectivity index (χ4v) is 8.90. The van der Waals surface area contributed by atoms with Gasteiger partial charge in [-0.25, -0.2) is 0 Å². The second-order valence-corrected chi connectivity index (χ2v) is 13.8. The minimum absolute atomic E-state index is 0.0217. The third-order valence-electron chi connectivity index (χ3n) is 5.89. The molecule has 0 bridgehead atoms. The molecule has 0 saturated heterocycles. The number of rotatable bonds is 11. The monoisotopic (exact) mass is 410 g/mol. The summed E-state index contributed by atoms with van der Waals surface area (Å²) in [5, 5.41) is 2.70. The van der Waals surface area contributed by atoms with Crippen LogP contribution in [-0.2, 0) is 9.22 Å². The highest BCUT2D eigenvalue weighted by Crippen LogP contribution is 2.37. The Kier molecular flexibility index (Phi) is 8.85. The molecule has 0 aliphatic rings. The van der Waals surface area contributed by atoms with Gasteiger partial charge in [-0.2, -0.15) is 0 Å². The van der Waals surface area contributed by atoms with E-state index in [9.17, 15) is 4.79 Å². The van der Waals surface area contributed by atoms with Crippen molar-refractivity contribution in [1.29, 1.82) is 0 Å². The highest BCUT2D eigenvalue weighted by atomic mass is 28.4. The molecular formula is C26H38O2Si. The minimum atomic E-state index is -2.43. The van der Waals surface area contributed by atoms with Crippen LogP contribution in [0.4, 0.5) is 0 Å². The average Bonchev–Trinajstić information content (AvgIpc) is 2.69. The zero-order valence-electron chi connectivity index (χ0n) is 18.9. The fourth-order valence-electron chi connectivity index (χ4n) is 4.21. The van der Waals surface area contributed by atoms with Crippen molar-refractivity contribution < 1.29 is 9.22 Å². The molecule has 0 radical (unpaired) electrons. The van der Waals surface area contributed by atoms with Gasteiger partial charge in [0.1, 0.15) is 6.29 Å². The molecule has 3 heteroatoms. The van der Waals surface area contributed by atoms with Crippen molar-refractivity contribution in [2.24, 2.45) is 11.8 Å². The van der Waals surface area contributed by atoms with Crippen molar-refractivity contribution in [2.75, 3.05) is 6.61 Å². The molecule has 0 aliphatic carbocycles. The predicted octanol–water partition coefficient (Wildman–Crippen LogP) is 5.59. The molecule has 0 fully saturated rings. The number of carbonyl (C=O) groups is 1. The van der Waals surface area contributed by atoms with Gasteiger partial charge in [-0.05, 0) is 33.7 Å².